The second-order valence-electron chi connectivity index (χ2n) is 5.41. The van der Waals surface area contributed by atoms with Crippen molar-refractivity contribution in [3.05, 3.63) is 11.6 Å². The molecular formula is C13H24N4O. The highest BCUT2D eigenvalue weighted by Crippen LogP contribution is 2.16. The zero-order valence-corrected chi connectivity index (χ0v) is 11.8. The van der Waals surface area contributed by atoms with Crippen LogP contribution < -0.4 is 5.32 Å². The van der Waals surface area contributed by atoms with Gasteiger partial charge in [-0.15, -0.1) is 10.2 Å². The lowest BCUT2D eigenvalue weighted by Crippen LogP contribution is -2.37. The summed E-state index contributed by atoms with van der Waals surface area (Å²) in [6, 6.07) is 0.367. The lowest BCUT2D eigenvalue weighted by atomic mass is 10.1. The summed E-state index contributed by atoms with van der Waals surface area (Å²) in [7, 11) is 2.03. The summed E-state index contributed by atoms with van der Waals surface area (Å²) in [5, 5.41) is 12.0. The molecule has 1 fully saturated rings. The highest BCUT2D eigenvalue weighted by molar-refractivity contribution is 4.99. The molecule has 1 aromatic heterocycles. The smallest absolute Gasteiger partial charge is 0.146 e. The highest BCUT2D eigenvalue weighted by atomic mass is 16.5. The van der Waals surface area contributed by atoms with E-state index in [1.807, 2.05) is 7.05 Å². The molecule has 5 heteroatoms. The lowest BCUT2D eigenvalue weighted by molar-refractivity contribution is 0.0829. The van der Waals surface area contributed by atoms with Crippen LogP contribution in [0.5, 0.6) is 0 Å². The molecular weight excluding hydrogens is 228 g/mol. The molecule has 0 aliphatic carbocycles. The van der Waals surface area contributed by atoms with Crippen LogP contribution in [0.1, 0.15) is 51.2 Å². The number of aromatic nitrogens is 3. The molecule has 1 aliphatic heterocycles. The van der Waals surface area contributed by atoms with Crippen LogP contribution in [0.15, 0.2) is 0 Å². The minimum Gasteiger partial charge on any atom is -0.377 e. The van der Waals surface area contributed by atoms with Crippen molar-refractivity contribution in [2.24, 2.45) is 7.05 Å². The van der Waals surface area contributed by atoms with Gasteiger partial charge in [-0.05, 0) is 19.8 Å². The minimum absolute atomic E-state index is 0.350. The molecule has 102 valence electrons. The Bertz CT molecular complexity index is 382. The zero-order valence-electron chi connectivity index (χ0n) is 11.8. The van der Waals surface area contributed by atoms with Gasteiger partial charge in [0.2, 0.25) is 0 Å². The Labute approximate surface area is 109 Å². The van der Waals surface area contributed by atoms with Crippen LogP contribution in [-0.4, -0.2) is 33.5 Å². The second-order valence-corrected chi connectivity index (χ2v) is 5.41. The van der Waals surface area contributed by atoms with Crippen LogP contribution in [-0.2, 0) is 18.3 Å². The molecule has 0 spiro atoms. The summed E-state index contributed by atoms with van der Waals surface area (Å²) >= 11 is 0. The van der Waals surface area contributed by atoms with E-state index in [9.17, 15) is 0 Å². The van der Waals surface area contributed by atoms with E-state index in [0.29, 0.717) is 18.1 Å². The van der Waals surface area contributed by atoms with Crippen LogP contribution >= 0.6 is 0 Å². The number of nitrogens with zero attached hydrogens (tertiary/aromatic N) is 3. The predicted molar refractivity (Wildman–Crippen MR) is 70.4 cm³/mol. The van der Waals surface area contributed by atoms with E-state index in [2.05, 4.69) is 40.9 Å². The number of nitrogens with one attached hydrogen (secondary N) is 1. The molecule has 1 N–H and O–H groups in total. The largest absolute Gasteiger partial charge is 0.377 e. The summed E-state index contributed by atoms with van der Waals surface area (Å²) in [5.41, 5.74) is 0. The first-order chi connectivity index (χ1) is 8.59. The van der Waals surface area contributed by atoms with Crippen molar-refractivity contribution < 1.29 is 4.74 Å². The summed E-state index contributed by atoms with van der Waals surface area (Å²) in [6.07, 6.45) is 2.69. The molecule has 0 aromatic carbocycles. The summed E-state index contributed by atoms with van der Waals surface area (Å²) in [4.78, 5) is 0. The first kappa shape index (κ1) is 13.5. The molecule has 2 heterocycles. The molecule has 0 saturated carbocycles. The molecule has 18 heavy (non-hydrogen) atoms. The van der Waals surface area contributed by atoms with E-state index < -0.39 is 0 Å². The maximum Gasteiger partial charge on any atom is 0.146 e. The quantitative estimate of drug-likeness (QED) is 0.864. The van der Waals surface area contributed by atoms with Gasteiger partial charge >= 0.3 is 0 Å². The predicted octanol–water partition coefficient (Wildman–Crippen LogP) is 1.60. The Morgan fingerprint density at radius 3 is 2.72 bits per heavy atom. The van der Waals surface area contributed by atoms with E-state index >= 15 is 0 Å². The van der Waals surface area contributed by atoms with Gasteiger partial charge in [-0.25, -0.2) is 0 Å². The van der Waals surface area contributed by atoms with Gasteiger partial charge in [0, 0.05) is 25.6 Å². The van der Waals surface area contributed by atoms with Crippen molar-refractivity contribution >= 4 is 0 Å². The van der Waals surface area contributed by atoms with E-state index in [4.69, 9.17) is 4.74 Å². The fraction of sp³-hybridized carbons (Fsp3) is 0.846. The summed E-state index contributed by atoms with van der Waals surface area (Å²) in [5.74, 6) is 2.44. The summed E-state index contributed by atoms with van der Waals surface area (Å²) < 4.78 is 7.75. The molecule has 2 atom stereocenters. The van der Waals surface area contributed by atoms with E-state index in [-0.39, 0.29) is 0 Å². The Hall–Kier alpha value is -0.940. The van der Waals surface area contributed by atoms with Crippen LogP contribution in [0.2, 0.25) is 0 Å². The molecule has 1 aromatic rings. The van der Waals surface area contributed by atoms with E-state index in [0.717, 1.165) is 31.2 Å². The minimum atomic E-state index is 0.350. The average Bonchev–Trinajstić information content (AvgIpc) is 2.95. The van der Waals surface area contributed by atoms with Gasteiger partial charge < -0.3 is 14.6 Å². The first-order valence-corrected chi connectivity index (χ1v) is 6.82. The third kappa shape index (κ3) is 2.90. The molecule has 1 saturated heterocycles. The molecule has 1 aliphatic rings. The summed E-state index contributed by atoms with van der Waals surface area (Å²) in [6.45, 7) is 8.09. The van der Waals surface area contributed by atoms with Crippen molar-refractivity contribution in [1.29, 1.82) is 0 Å². The Kier molecular flexibility index (Phi) is 4.35. The van der Waals surface area contributed by atoms with Gasteiger partial charge in [0.15, 0.2) is 0 Å². The fourth-order valence-corrected chi connectivity index (χ4v) is 2.41. The van der Waals surface area contributed by atoms with Crippen molar-refractivity contribution in [1.82, 2.24) is 20.1 Å². The van der Waals surface area contributed by atoms with Gasteiger partial charge in [0.1, 0.15) is 11.6 Å². The maximum atomic E-state index is 5.67. The number of hydrogen-bond acceptors (Lipinski definition) is 4. The van der Waals surface area contributed by atoms with Crippen LogP contribution in [0.25, 0.3) is 0 Å². The van der Waals surface area contributed by atoms with Gasteiger partial charge in [0.25, 0.3) is 0 Å². The van der Waals surface area contributed by atoms with Crippen molar-refractivity contribution in [3.8, 4) is 0 Å². The van der Waals surface area contributed by atoms with E-state index in [1.165, 1.54) is 6.42 Å². The third-order valence-electron chi connectivity index (χ3n) is 3.62. The third-order valence-corrected chi connectivity index (χ3v) is 3.62. The molecule has 2 rings (SSSR count). The molecule has 0 unspecified atom stereocenters. The van der Waals surface area contributed by atoms with Crippen molar-refractivity contribution in [2.45, 2.75) is 58.2 Å². The Morgan fingerprint density at radius 2 is 2.17 bits per heavy atom. The monoisotopic (exact) mass is 252 g/mol. The lowest BCUT2D eigenvalue weighted by Gasteiger charge is -2.19. The van der Waals surface area contributed by atoms with Crippen LogP contribution in [0, 0.1) is 0 Å². The zero-order chi connectivity index (χ0) is 13.1. The number of hydrogen-bond donors (Lipinski definition) is 1. The van der Waals surface area contributed by atoms with Gasteiger partial charge in [-0.3, -0.25) is 0 Å². The van der Waals surface area contributed by atoms with Crippen LogP contribution in [0.3, 0.4) is 0 Å². The molecule has 0 radical (unpaired) electrons. The molecule has 0 amide bonds. The Balaban J connectivity index is 1.89. The SMILES string of the molecule is CC(C)c1nnc(CN[C@@H](C)[C@@H]2CCCO2)n1C. The topological polar surface area (TPSA) is 52.0 Å². The fourth-order valence-electron chi connectivity index (χ4n) is 2.41. The maximum absolute atomic E-state index is 5.67. The standard InChI is InChI=1S/C13H24N4O/c1-9(2)13-16-15-12(17(13)4)8-14-10(3)11-6-5-7-18-11/h9-11,14H,5-8H2,1-4H3/t10-,11-/m0/s1. The van der Waals surface area contributed by atoms with Gasteiger partial charge in [-0.1, -0.05) is 13.8 Å². The Morgan fingerprint density at radius 1 is 1.39 bits per heavy atom. The normalized spacial score (nSPS) is 21.7. The van der Waals surface area contributed by atoms with Gasteiger partial charge in [-0.2, -0.15) is 0 Å². The van der Waals surface area contributed by atoms with E-state index in [1.54, 1.807) is 0 Å². The second kappa shape index (κ2) is 5.80. The van der Waals surface area contributed by atoms with Crippen molar-refractivity contribution in [2.75, 3.05) is 6.61 Å². The average molecular weight is 252 g/mol. The van der Waals surface area contributed by atoms with Gasteiger partial charge in [0.05, 0.1) is 12.6 Å². The first-order valence-electron chi connectivity index (χ1n) is 6.82. The molecule has 5 nitrogen and oxygen atoms in total. The van der Waals surface area contributed by atoms with Crippen LogP contribution in [0.4, 0.5) is 0 Å². The number of rotatable bonds is 5. The number of ether oxygens (including phenoxy) is 1. The van der Waals surface area contributed by atoms with Crippen molar-refractivity contribution in [3.63, 3.8) is 0 Å². The molecule has 0 bridgehead atoms. The highest BCUT2D eigenvalue weighted by Gasteiger charge is 2.22.